The van der Waals surface area contributed by atoms with Gasteiger partial charge in [-0.3, -0.25) is 9.59 Å². The summed E-state index contributed by atoms with van der Waals surface area (Å²) in [6.45, 7) is 3.13. The first kappa shape index (κ1) is 14.4. The maximum absolute atomic E-state index is 12.3. The SMILES string of the molecule is CCCCCCN1C(=O)CNC(=O)C12CCCCC2. The smallest absolute Gasteiger partial charge is 0.246 e. The van der Waals surface area contributed by atoms with E-state index in [2.05, 4.69) is 12.2 Å². The lowest BCUT2D eigenvalue weighted by Crippen LogP contribution is -2.67. The lowest BCUT2D eigenvalue weighted by molar-refractivity contribution is -0.156. The van der Waals surface area contributed by atoms with Crippen LogP contribution in [0, 0.1) is 0 Å². The summed E-state index contributed by atoms with van der Waals surface area (Å²) >= 11 is 0. The molecule has 2 fully saturated rings. The van der Waals surface area contributed by atoms with Crippen LogP contribution in [0.15, 0.2) is 0 Å². The van der Waals surface area contributed by atoms with Crippen LogP contribution in [0.5, 0.6) is 0 Å². The van der Waals surface area contributed by atoms with Gasteiger partial charge >= 0.3 is 0 Å². The van der Waals surface area contributed by atoms with Crippen LogP contribution in [0.25, 0.3) is 0 Å². The molecule has 1 saturated heterocycles. The van der Waals surface area contributed by atoms with Crippen molar-refractivity contribution in [2.45, 2.75) is 70.3 Å². The summed E-state index contributed by atoms with van der Waals surface area (Å²) in [6, 6.07) is 0. The van der Waals surface area contributed by atoms with Crippen LogP contribution in [-0.2, 0) is 9.59 Å². The van der Waals surface area contributed by atoms with Crippen molar-refractivity contribution in [3.63, 3.8) is 0 Å². The van der Waals surface area contributed by atoms with Gasteiger partial charge in [-0.1, -0.05) is 45.4 Å². The number of hydrogen-bond acceptors (Lipinski definition) is 2. The number of nitrogens with one attached hydrogen (secondary N) is 1. The molecule has 1 spiro atoms. The number of carbonyl (C=O) groups excluding carboxylic acids is 2. The molecule has 2 amide bonds. The zero-order valence-electron chi connectivity index (χ0n) is 12.0. The van der Waals surface area contributed by atoms with Gasteiger partial charge in [0.15, 0.2) is 0 Å². The van der Waals surface area contributed by atoms with E-state index in [1.165, 1.54) is 19.3 Å². The molecule has 2 rings (SSSR count). The second-order valence-electron chi connectivity index (χ2n) is 5.88. The van der Waals surface area contributed by atoms with Gasteiger partial charge in [0.1, 0.15) is 5.54 Å². The number of amides is 2. The predicted molar refractivity (Wildman–Crippen MR) is 74.7 cm³/mol. The number of nitrogens with zero attached hydrogens (tertiary/aromatic N) is 1. The van der Waals surface area contributed by atoms with Crippen molar-refractivity contribution in [1.29, 1.82) is 0 Å². The molecule has 1 aliphatic carbocycles. The first-order valence-electron chi connectivity index (χ1n) is 7.79. The Morgan fingerprint density at radius 3 is 2.53 bits per heavy atom. The second kappa shape index (κ2) is 6.40. The Kier molecular flexibility index (Phi) is 4.83. The molecule has 1 heterocycles. The molecule has 0 aromatic rings. The molecule has 0 bridgehead atoms. The molecule has 1 aliphatic heterocycles. The number of rotatable bonds is 5. The number of hydrogen-bond donors (Lipinski definition) is 1. The van der Waals surface area contributed by atoms with Crippen LogP contribution in [0.3, 0.4) is 0 Å². The Balaban J connectivity index is 2.05. The third-order valence-corrected chi connectivity index (χ3v) is 4.56. The Bertz CT molecular complexity index is 335. The molecule has 0 atom stereocenters. The van der Waals surface area contributed by atoms with Crippen LogP contribution < -0.4 is 5.32 Å². The minimum atomic E-state index is -0.514. The van der Waals surface area contributed by atoms with Gasteiger partial charge in [-0.25, -0.2) is 0 Å². The first-order chi connectivity index (χ1) is 9.20. The van der Waals surface area contributed by atoms with Crippen molar-refractivity contribution in [3.8, 4) is 0 Å². The van der Waals surface area contributed by atoms with Crippen LogP contribution >= 0.6 is 0 Å². The Hall–Kier alpha value is -1.06. The molecule has 0 aromatic carbocycles. The monoisotopic (exact) mass is 266 g/mol. The molecule has 19 heavy (non-hydrogen) atoms. The summed E-state index contributed by atoms with van der Waals surface area (Å²) in [5.74, 6) is 0.195. The highest BCUT2D eigenvalue weighted by atomic mass is 16.2. The molecular formula is C15H26N2O2. The molecule has 1 saturated carbocycles. The maximum atomic E-state index is 12.3. The van der Waals surface area contributed by atoms with Gasteiger partial charge in [0.25, 0.3) is 0 Å². The summed E-state index contributed by atoms with van der Waals surface area (Å²) in [7, 11) is 0. The predicted octanol–water partition coefficient (Wildman–Crippen LogP) is 2.23. The van der Waals surface area contributed by atoms with Crippen molar-refractivity contribution in [3.05, 3.63) is 0 Å². The van der Waals surface area contributed by atoms with Crippen molar-refractivity contribution in [2.24, 2.45) is 0 Å². The van der Waals surface area contributed by atoms with Gasteiger partial charge in [-0.2, -0.15) is 0 Å². The van der Waals surface area contributed by atoms with Gasteiger partial charge in [-0.05, 0) is 19.3 Å². The van der Waals surface area contributed by atoms with Gasteiger partial charge in [-0.15, -0.1) is 0 Å². The van der Waals surface area contributed by atoms with Gasteiger partial charge < -0.3 is 10.2 Å². The average molecular weight is 266 g/mol. The van der Waals surface area contributed by atoms with Gasteiger partial charge in [0.05, 0.1) is 6.54 Å². The minimum absolute atomic E-state index is 0.0855. The molecule has 0 radical (unpaired) electrons. The molecule has 0 unspecified atom stereocenters. The molecule has 108 valence electrons. The summed E-state index contributed by atoms with van der Waals surface area (Å²) < 4.78 is 0. The van der Waals surface area contributed by atoms with Crippen molar-refractivity contribution in [2.75, 3.05) is 13.1 Å². The van der Waals surface area contributed by atoms with E-state index in [1.54, 1.807) is 0 Å². The fraction of sp³-hybridized carbons (Fsp3) is 0.867. The molecule has 2 aliphatic rings. The lowest BCUT2D eigenvalue weighted by atomic mass is 9.78. The third-order valence-electron chi connectivity index (χ3n) is 4.56. The van der Waals surface area contributed by atoms with Crippen LogP contribution in [0.1, 0.15) is 64.7 Å². The van der Waals surface area contributed by atoms with E-state index in [9.17, 15) is 9.59 Å². The molecular weight excluding hydrogens is 240 g/mol. The average Bonchev–Trinajstić information content (AvgIpc) is 2.44. The van der Waals surface area contributed by atoms with E-state index in [0.717, 1.165) is 45.1 Å². The van der Waals surface area contributed by atoms with Crippen molar-refractivity contribution < 1.29 is 9.59 Å². The maximum Gasteiger partial charge on any atom is 0.246 e. The van der Waals surface area contributed by atoms with E-state index in [4.69, 9.17) is 0 Å². The van der Waals surface area contributed by atoms with Crippen molar-refractivity contribution >= 4 is 11.8 Å². The highest BCUT2D eigenvalue weighted by Crippen LogP contribution is 2.35. The van der Waals surface area contributed by atoms with E-state index in [1.807, 2.05) is 4.90 Å². The second-order valence-corrected chi connectivity index (χ2v) is 5.88. The lowest BCUT2D eigenvalue weighted by Gasteiger charge is -2.48. The number of piperazine rings is 1. The van der Waals surface area contributed by atoms with E-state index in [-0.39, 0.29) is 18.4 Å². The van der Waals surface area contributed by atoms with Crippen LogP contribution in [0.4, 0.5) is 0 Å². The fourth-order valence-electron chi connectivity index (χ4n) is 3.45. The minimum Gasteiger partial charge on any atom is -0.345 e. The quantitative estimate of drug-likeness (QED) is 0.776. The Morgan fingerprint density at radius 1 is 1.11 bits per heavy atom. The topological polar surface area (TPSA) is 49.4 Å². The highest BCUT2D eigenvalue weighted by molar-refractivity contribution is 5.98. The summed E-state index contributed by atoms with van der Waals surface area (Å²) in [5.41, 5.74) is -0.514. The zero-order chi connectivity index (χ0) is 13.7. The highest BCUT2D eigenvalue weighted by Gasteiger charge is 2.49. The van der Waals surface area contributed by atoms with E-state index in [0.29, 0.717) is 0 Å². The third kappa shape index (κ3) is 2.93. The van der Waals surface area contributed by atoms with E-state index >= 15 is 0 Å². The standard InChI is InChI=1S/C15H26N2O2/c1-2-3-4-8-11-17-13(18)12-16-14(19)15(17)9-6-5-7-10-15/h2-12H2,1H3,(H,16,19). The van der Waals surface area contributed by atoms with Crippen LogP contribution in [0.2, 0.25) is 0 Å². The van der Waals surface area contributed by atoms with Gasteiger partial charge in [0.2, 0.25) is 11.8 Å². The van der Waals surface area contributed by atoms with Gasteiger partial charge in [0, 0.05) is 6.54 Å². The number of unbranched alkanes of at least 4 members (excludes halogenated alkanes) is 3. The van der Waals surface area contributed by atoms with Crippen molar-refractivity contribution in [1.82, 2.24) is 10.2 Å². The summed E-state index contributed by atoms with van der Waals surface area (Å²) in [5, 5.41) is 2.79. The zero-order valence-corrected chi connectivity index (χ0v) is 12.0. The Labute approximate surface area is 115 Å². The largest absolute Gasteiger partial charge is 0.345 e. The molecule has 4 heteroatoms. The van der Waals surface area contributed by atoms with Crippen LogP contribution in [-0.4, -0.2) is 35.3 Å². The molecule has 0 aromatic heterocycles. The normalized spacial score (nSPS) is 22.7. The molecule has 1 N–H and O–H groups in total. The fourth-order valence-corrected chi connectivity index (χ4v) is 3.45. The summed E-state index contributed by atoms with van der Waals surface area (Å²) in [6.07, 6.45) is 9.58. The first-order valence-corrected chi connectivity index (χ1v) is 7.79. The van der Waals surface area contributed by atoms with E-state index < -0.39 is 5.54 Å². The summed E-state index contributed by atoms with van der Waals surface area (Å²) in [4.78, 5) is 26.4. The number of carbonyl (C=O) groups is 2. The molecule has 4 nitrogen and oxygen atoms in total. The Morgan fingerprint density at radius 2 is 1.84 bits per heavy atom.